The molecule has 0 aromatic heterocycles. The van der Waals surface area contributed by atoms with E-state index in [9.17, 15) is 4.79 Å². The zero-order chi connectivity index (χ0) is 17.4. The Morgan fingerprint density at radius 2 is 2.04 bits per heavy atom. The fourth-order valence-corrected chi connectivity index (χ4v) is 2.18. The number of amides is 1. The number of hydrogen-bond donors (Lipinski definition) is 1. The summed E-state index contributed by atoms with van der Waals surface area (Å²) in [4.78, 5) is 11.8. The predicted octanol–water partition coefficient (Wildman–Crippen LogP) is 3.69. The van der Waals surface area contributed by atoms with Crippen LogP contribution in [0.4, 0.5) is 0 Å². The van der Waals surface area contributed by atoms with Gasteiger partial charge in [0.2, 0.25) is 0 Å². The summed E-state index contributed by atoms with van der Waals surface area (Å²) < 4.78 is 11.9. The number of halogens is 1. The normalized spacial score (nSPS) is 10.6. The Hall–Kier alpha value is -2.34. The number of rotatable bonds is 7. The van der Waals surface area contributed by atoms with Crippen LogP contribution in [0.3, 0.4) is 0 Å². The molecular weight excluding hydrogens is 372 g/mol. The Morgan fingerprint density at radius 3 is 2.79 bits per heavy atom. The van der Waals surface area contributed by atoms with Crippen LogP contribution in [0.1, 0.15) is 18.1 Å². The molecule has 0 aliphatic carbocycles. The second-order valence-electron chi connectivity index (χ2n) is 4.96. The van der Waals surface area contributed by atoms with E-state index >= 15 is 0 Å². The third kappa shape index (κ3) is 5.38. The van der Waals surface area contributed by atoms with Crippen LogP contribution in [-0.2, 0) is 4.79 Å². The van der Waals surface area contributed by atoms with Gasteiger partial charge >= 0.3 is 0 Å². The molecule has 1 amide bonds. The zero-order valence-electron chi connectivity index (χ0n) is 13.6. The van der Waals surface area contributed by atoms with E-state index in [2.05, 4.69) is 26.5 Å². The zero-order valence-corrected chi connectivity index (χ0v) is 15.2. The maximum atomic E-state index is 11.8. The third-order valence-corrected chi connectivity index (χ3v) is 4.00. The molecule has 0 radical (unpaired) electrons. The van der Waals surface area contributed by atoms with Crippen molar-refractivity contribution in [1.82, 2.24) is 5.43 Å². The van der Waals surface area contributed by atoms with Crippen molar-refractivity contribution in [2.75, 3.05) is 13.2 Å². The number of carbonyl (C=O) groups excluding carboxylic acids is 1. The highest BCUT2D eigenvalue weighted by molar-refractivity contribution is 9.10. The van der Waals surface area contributed by atoms with Crippen molar-refractivity contribution >= 4 is 28.1 Å². The number of aryl methyl sites for hydroxylation is 1. The maximum Gasteiger partial charge on any atom is 0.277 e. The summed E-state index contributed by atoms with van der Waals surface area (Å²) in [6, 6.07) is 13.0. The summed E-state index contributed by atoms with van der Waals surface area (Å²) in [6.45, 7) is 4.33. The van der Waals surface area contributed by atoms with Crippen LogP contribution in [0, 0.1) is 6.92 Å². The topological polar surface area (TPSA) is 59.9 Å². The molecular formula is C18H19BrN2O3. The first-order chi connectivity index (χ1) is 11.6. The van der Waals surface area contributed by atoms with E-state index < -0.39 is 0 Å². The standard InChI is InChI=1S/C18H19BrN2O3/c1-3-23-17-7-5-4-6-14(17)11-20-21-18(22)12-24-15-8-9-16(19)13(2)10-15/h4-11H,3,12H2,1-2H3,(H,21,22)/b20-11+. The largest absolute Gasteiger partial charge is 0.493 e. The third-order valence-electron chi connectivity index (χ3n) is 3.11. The number of para-hydroxylation sites is 1. The van der Waals surface area contributed by atoms with E-state index in [1.165, 1.54) is 0 Å². The van der Waals surface area contributed by atoms with Gasteiger partial charge in [-0.15, -0.1) is 0 Å². The van der Waals surface area contributed by atoms with Gasteiger partial charge in [-0.25, -0.2) is 5.43 Å². The molecule has 6 heteroatoms. The fourth-order valence-electron chi connectivity index (χ4n) is 1.94. The van der Waals surface area contributed by atoms with E-state index in [1.54, 1.807) is 12.3 Å². The Bertz CT molecular complexity index is 732. The van der Waals surface area contributed by atoms with Crippen LogP contribution in [0.25, 0.3) is 0 Å². The average molecular weight is 391 g/mol. The molecule has 0 heterocycles. The highest BCUT2D eigenvalue weighted by atomic mass is 79.9. The summed E-state index contributed by atoms with van der Waals surface area (Å²) in [7, 11) is 0. The summed E-state index contributed by atoms with van der Waals surface area (Å²) in [5.74, 6) is 1.02. The van der Waals surface area contributed by atoms with Crippen LogP contribution in [-0.4, -0.2) is 25.3 Å². The molecule has 2 aromatic carbocycles. The van der Waals surface area contributed by atoms with Crippen molar-refractivity contribution in [3.63, 3.8) is 0 Å². The van der Waals surface area contributed by atoms with Gasteiger partial charge in [0.25, 0.3) is 5.91 Å². The molecule has 24 heavy (non-hydrogen) atoms. The van der Waals surface area contributed by atoms with Gasteiger partial charge in [-0.05, 0) is 49.7 Å². The lowest BCUT2D eigenvalue weighted by molar-refractivity contribution is -0.123. The minimum atomic E-state index is -0.333. The number of benzene rings is 2. The molecule has 126 valence electrons. The van der Waals surface area contributed by atoms with Crippen molar-refractivity contribution in [2.24, 2.45) is 5.10 Å². The van der Waals surface area contributed by atoms with Crippen molar-refractivity contribution in [3.8, 4) is 11.5 Å². The molecule has 2 aromatic rings. The molecule has 0 aliphatic heterocycles. The lowest BCUT2D eigenvalue weighted by Gasteiger charge is -2.07. The Kier molecular flexibility index (Phi) is 6.81. The second-order valence-corrected chi connectivity index (χ2v) is 5.82. The molecule has 0 atom stereocenters. The molecule has 0 unspecified atom stereocenters. The highest BCUT2D eigenvalue weighted by Gasteiger charge is 2.04. The molecule has 0 aliphatic rings. The van der Waals surface area contributed by atoms with Crippen LogP contribution in [0.2, 0.25) is 0 Å². The van der Waals surface area contributed by atoms with Crippen LogP contribution >= 0.6 is 15.9 Å². The quantitative estimate of drug-likeness (QED) is 0.579. The number of ether oxygens (including phenoxy) is 2. The van der Waals surface area contributed by atoms with E-state index in [0.29, 0.717) is 12.4 Å². The van der Waals surface area contributed by atoms with Gasteiger partial charge in [0, 0.05) is 10.0 Å². The maximum absolute atomic E-state index is 11.8. The number of hydrazone groups is 1. The number of nitrogens with zero attached hydrogens (tertiary/aromatic N) is 1. The minimum absolute atomic E-state index is 0.106. The second kappa shape index (κ2) is 9.08. The first-order valence-electron chi connectivity index (χ1n) is 7.53. The lowest BCUT2D eigenvalue weighted by Crippen LogP contribution is -2.24. The molecule has 0 bridgehead atoms. The smallest absolute Gasteiger partial charge is 0.277 e. The van der Waals surface area contributed by atoms with Crippen molar-refractivity contribution in [2.45, 2.75) is 13.8 Å². The molecule has 1 N–H and O–H groups in total. The Balaban J connectivity index is 1.85. The fraction of sp³-hybridized carbons (Fsp3) is 0.222. The van der Waals surface area contributed by atoms with Gasteiger partial charge < -0.3 is 9.47 Å². The van der Waals surface area contributed by atoms with E-state index in [1.807, 2.05) is 50.2 Å². The van der Waals surface area contributed by atoms with E-state index in [0.717, 1.165) is 21.3 Å². The van der Waals surface area contributed by atoms with Crippen LogP contribution < -0.4 is 14.9 Å². The number of carbonyl (C=O) groups is 1. The Morgan fingerprint density at radius 1 is 1.25 bits per heavy atom. The summed E-state index contributed by atoms with van der Waals surface area (Å²) in [5.41, 5.74) is 4.27. The van der Waals surface area contributed by atoms with Gasteiger partial charge in [-0.3, -0.25) is 4.79 Å². The van der Waals surface area contributed by atoms with Gasteiger partial charge in [0.05, 0.1) is 12.8 Å². The molecule has 0 saturated carbocycles. The summed E-state index contributed by atoms with van der Waals surface area (Å²) in [6.07, 6.45) is 1.55. The lowest BCUT2D eigenvalue weighted by atomic mass is 10.2. The minimum Gasteiger partial charge on any atom is -0.493 e. The number of hydrogen-bond acceptors (Lipinski definition) is 4. The first-order valence-corrected chi connectivity index (χ1v) is 8.32. The molecule has 0 saturated heterocycles. The van der Waals surface area contributed by atoms with Crippen LogP contribution in [0.15, 0.2) is 52.0 Å². The SMILES string of the molecule is CCOc1ccccc1/C=N/NC(=O)COc1ccc(Br)c(C)c1. The first kappa shape index (κ1) is 18.0. The van der Waals surface area contributed by atoms with Gasteiger partial charge in [0.1, 0.15) is 11.5 Å². The average Bonchev–Trinajstić information content (AvgIpc) is 2.58. The van der Waals surface area contributed by atoms with Crippen LogP contribution in [0.5, 0.6) is 11.5 Å². The highest BCUT2D eigenvalue weighted by Crippen LogP contribution is 2.21. The molecule has 0 spiro atoms. The van der Waals surface area contributed by atoms with Crippen molar-refractivity contribution in [1.29, 1.82) is 0 Å². The molecule has 0 fully saturated rings. The molecule has 5 nitrogen and oxygen atoms in total. The van der Waals surface area contributed by atoms with Gasteiger partial charge in [-0.2, -0.15) is 5.10 Å². The van der Waals surface area contributed by atoms with Crippen molar-refractivity contribution < 1.29 is 14.3 Å². The number of nitrogens with one attached hydrogen (secondary N) is 1. The monoisotopic (exact) mass is 390 g/mol. The van der Waals surface area contributed by atoms with Gasteiger partial charge in [-0.1, -0.05) is 28.1 Å². The van der Waals surface area contributed by atoms with Gasteiger partial charge in [0.15, 0.2) is 6.61 Å². The predicted molar refractivity (Wildman–Crippen MR) is 97.7 cm³/mol. The Labute approximate surface area is 149 Å². The van der Waals surface area contributed by atoms with Crippen molar-refractivity contribution in [3.05, 3.63) is 58.1 Å². The van der Waals surface area contributed by atoms with E-state index in [4.69, 9.17) is 9.47 Å². The van der Waals surface area contributed by atoms with E-state index in [-0.39, 0.29) is 12.5 Å². The summed E-state index contributed by atoms with van der Waals surface area (Å²) >= 11 is 3.42. The molecule has 2 rings (SSSR count). The summed E-state index contributed by atoms with van der Waals surface area (Å²) in [5, 5.41) is 3.94.